The summed E-state index contributed by atoms with van der Waals surface area (Å²) >= 11 is 1.62. The van der Waals surface area contributed by atoms with E-state index < -0.39 is 0 Å². The number of nitrogens with zero attached hydrogens (tertiary/aromatic N) is 4. The Labute approximate surface area is 164 Å². The van der Waals surface area contributed by atoms with E-state index in [2.05, 4.69) is 51.1 Å². The average molecular weight is 380 g/mol. The van der Waals surface area contributed by atoms with Crippen LogP contribution in [0.4, 0.5) is 10.9 Å². The van der Waals surface area contributed by atoms with Gasteiger partial charge in [-0.2, -0.15) is 0 Å². The summed E-state index contributed by atoms with van der Waals surface area (Å²) in [6.45, 7) is 6.79. The molecule has 1 N–H and O–H groups in total. The van der Waals surface area contributed by atoms with Gasteiger partial charge in [-0.25, -0.2) is 9.97 Å². The van der Waals surface area contributed by atoms with Gasteiger partial charge in [-0.3, -0.25) is 4.98 Å². The van der Waals surface area contributed by atoms with E-state index in [0.29, 0.717) is 12.0 Å². The fourth-order valence-corrected chi connectivity index (χ4v) is 4.34. The molecule has 0 saturated carbocycles. The lowest BCUT2D eigenvalue weighted by molar-refractivity contribution is 0.166. The number of anilines is 2. The minimum atomic E-state index is 0.479. The van der Waals surface area contributed by atoms with Crippen molar-refractivity contribution in [3.63, 3.8) is 0 Å². The molecule has 0 aliphatic carbocycles. The monoisotopic (exact) mass is 379 g/mol. The van der Waals surface area contributed by atoms with Crippen LogP contribution in [0.5, 0.6) is 0 Å². The van der Waals surface area contributed by atoms with E-state index in [-0.39, 0.29) is 0 Å². The van der Waals surface area contributed by atoms with Crippen LogP contribution in [-0.2, 0) is 0 Å². The first kappa shape index (κ1) is 18.1. The van der Waals surface area contributed by atoms with Gasteiger partial charge in [0, 0.05) is 24.7 Å². The summed E-state index contributed by atoms with van der Waals surface area (Å²) in [5.74, 6) is 1.22. The van der Waals surface area contributed by atoms with Gasteiger partial charge < -0.3 is 10.2 Å². The van der Waals surface area contributed by atoms with Gasteiger partial charge >= 0.3 is 0 Å². The average Bonchev–Trinajstić information content (AvgIpc) is 3.18. The number of benzene rings is 1. The number of aromatic nitrogens is 3. The zero-order valence-corrected chi connectivity index (χ0v) is 16.6. The number of likely N-dealkylation sites (tertiary alicyclic amines) is 1. The Morgan fingerprint density at radius 1 is 1.07 bits per heavy atom. The normalized spacial score (nSPS) is 18.0. The fourth-order valence-electron chi connectivity index (χ4n) is 3.51. The fraction of sp³-hybridized carbons (Fsp3) is 0.381. The van der Waals surface area contributed by atoms with Gasteiger partial charge in [0.25, 0.3) is 0 Å². The van der Waals surface area contributed by atoms with E-state index >= 15 is 0 Å². The third-order valence-electron chi connectivity index (χ3n) is 5.07. The smallest absolute Gasteiger partial charge is 0.188 e. The second-order valence-electron chi connectivity index (χ2n) is 7.28. The molecule has 1 fully saturated rings. The first-order valence-corrected chi connectivity index (χ1v) is 10.3. The Kier molecular flexibility index (Phi) is 5.45. The third kappa shape index (κ3) is 4.34. The molecule has 1 unspecified atom stereocenters. The quantitative estimate of drug-likeness (QED) is 0.681. The van der Waals surface area contributed by atoms with Crippen molar-refractivity contribution in [2.45, 2.75) is 38.6 Å². The van der Waals surface area contributed by atoms with Crippen molar-refractivity contribution in [3.05, 3.63) is 54.6 Å². The topological polar surface area (TPSA) is 53.9 Å². The van der Waals surface area contributed by atoms with Crippen LogP contribution < -0.4 is 5.32 Å². The Bertz CT molecular complexity index is 860. The molecule has 3 heterocycles. The maximum absolute atomic E-state index is 4.68. The second-order valence-corrected chi connectivity index (χ2v) is 8.31. The third-order valence-corrected chi connectivity index (χ3v) is 6.03. The molecule has 0 spiro atoms. The molecule has 6 heteroatoms. The van der Waals surface area contributed by atoms with Gasteiger partial charge in [-0.05, 0) is 38.8 Å². The van der Waals surface area contributed by atoms with Crippen molar-refractivity contribution in [3.8, 4) is 10.4 Å². The van der Waals surface area contributed by atoms with Crippen molar-refractivity contribution >= 4 is 22.3 Å². The first-order chi connectivity index (χ1) is 13.2. The highest BCUT2D eigenvalue weighted by Crippen LogP contribution is 2.30. The van der Waals surface area contributed by atoms with E-state index in [9.17, 15) is 0 Å². The van der Waals surface area contributed by atoms with Crippen molar-refractivity contribution in [1.82, 2.24) is 19.9 Å². The van der Waals surface area contributed by atoms with Crippen molar-refractivity contribution < 1.29 is 0 Å². The molecular weight excluding hydrogens is 354 g/mol. The lowest BCUT2D eigenvalue weighted by Gasteiger charge is -2.35. The van der Waals surface area contributed by atoms with E-state index in [0.717, 1.165) is 28.1 Å². The molecule has 5 nitrogen and oxygen atoms in total. The Hall–Kier alpha value is -2.31. The molecule has 3 aromatic rings. The highest BCUT2D eigenvalue weighted by atomic mass is 32.1. The summed E-state index contributed by atoms with van der Waals surface area (Å²) in [6, 6.07) is 10.9. The van der Waals surface area contributed by atoms with E-state index in [4.69, 9.17) is 0 Å². The van der Waals surface area contributed by atoms with Crippen LogP contribution in [0.25, 0.3) is 10.4 Å². The maximum Gasteiger partial charge on any atom is 0.188 e. The molecule has 0 radical (unpaired) electrons. The van der Waals surface area contributed by atoms with Gasteiger partial charge in [0.1, 0.15) is 0 Å². The summed E-state index contributed by atoms with van der Waals surface area (Å²) in [6.07, 6.45) is 8.06. The van der Waals surface area contributed by atoms with Crippen LogP contribution in [-0.4, -0.2) is 39.0 Å². The second kappa shape index (κ2) is 8.15. The molecule has 1 atom stereocenters. The molecule has 2 aromatic heterocycles. The predicted molar refractivity (Wildman–Crippen MR) is 112 cm³/mol. The first-order valence-electron chi connectivity index (χ1n) is 9.53. The van der Waals surface area contributed by atoms with Crippen molar-refractivity contribution in [2.24, 2.45) is 0 Å². The lowest BCUT2D eigenvalue weighted by atomic mass is 9.94. The van der Waals surface area contributed by atoms with Crippen LogP contribution in [0.3, 0.4) is 0 Å². The molecule has 1 aliphatic rings. The van der Waals surface area contributed by atoms with E-state index in [1.54, 1.807) is 11.3 Å². The summed E-state index contributed by atoms with van der Waals surface area (Å²) < 4.78 is 0. The number of piperidine rings is 1. The number of thiazole rings is 1. The summed E-state index contributed by atoms with van der Waals surface area (Å²) in [7, 11) is 0. The molecule has 0 amide bonds. The zero-order chi connectivity index (χ0) is 18.6. The molecule has 1 aromatic carbocycles. The molecule has 4 rings (SSSR count). The number of nitrogens with one attached hydrogen (secondary N) is 1. The standard InChI is InChI=1S/C21H25N5S/c1-15(2)26-10-6-9-17(14-26)18-11-23-20(13-22-18)25-21-24-12-19(27-21)16-7-4-3-5-8-16/h3-5,7-8,11-13,15,17H,6,9-10,14H2,1-2H3,(H,23,24,25). The number of rotatable bonds is 5. The number of hydrogen-bond acceptors (Lipinski definition) is 6. The van der Waals surface area contributed by atoms with Gasteiger partial charge in [0.15, 0.2) is 10.9 Å². The van der Waals surface area contributed by atoms with Crippen LogP contribution >= 0.6 is 11.3 Å². The van der Waals surface area contributed by atoms with Crippen LogP contribution in [0.1, 0.15) is 38.3 Å². The molecular formula is C21H25N5S. The van der Waals surface area contributed by atoms with Gasteiger partial charge in [-0.15, -0.1) is 0 Å². The largest absolute Gasteiger partial charge is 0.315 e. The molecule has 1 saturated heterocycles. The highest BCUT2D eigenvalue weighted by molar-refractivity contribution is 7.18. The summed E-state index contributed by atoms with van der Waals surface area (Å²) in [5, 5.41) is 4.11. The summed E-state index contributed by atoms with van der Waals surface area (Å²) in [4.78, 5) is 17.4. The van der Waals surface area contributed by atoms with Crippen LogP contribution in [0, 0.1) is 0 Å². The molecule has 1 aliphatic heterocycles. The lowest BCUT2D eigenvalue weighted by Crippen LogP contribution is -2.39. The molecule has 0 bridgehead atoms. The maximum atomic E-state index is 4.68. The van der Waals surface area contributed by atoms with Crippen LogP contribution in [0.15, 0.2) is 48.9 Å². The number of hydrogen-bond donors (Lipinski definition) is 1. The zero-order valence-electron chi connectivity index (χ0n) is 15.8. The van der Waals surface area contributed by atoms with E-state index in [1.807, 2.05) is 36.8 Å². The van der Waals surface area contributed by atoms with Gasteiger partial charge in [-0.1, -0.05) is 41.7 Å². The van der Waals surface area contributed by atoms with Gasteiger partial charge in [0.2, 0.25) is 0 Å². The minimum Gasteiger partial charge on any atom is -0.315 e. The Balaban J connectivity index is 1.42. The van der Waals surface area contributed by atoms with E-state index in [1.165, 1.54) is 24.9 Å². The summed E-state index contributed by atoms with van der Waals surface area (Å²) in [5.41, 5.74) is 2.27. The molecule has 140 valence electrons. The van der Waals surface area contributed by atoms with Gasteiger partial charge in [0.05, 0.1) is 23.0 Å². The highest BCUT2D eigenvalue weighted by Gasteiger charge is 2.24. The SMILES string of the molecule is CC(C)N1CCCC(c2cnc(Nc3ncc(-c4ccccc4)s3)cn2)C1. The Morgan fingerprint density at radius 2 is 1.93 bits per heavy atom. The Morgan fingerprint density at radius 3 is 2.67 bits per heavy atom. The minimum absolute atomic E-state index is 0.479. The molecule has 27 heavy (non-hydrogen) atoms. The van der Waals surface area contributed by atoms with Crippen LogP contribution in [0.2, 0.25) is 0 Å². The van der Waals surface area contributed by atoms with Crippen molar-refractivity contribution in [1.29, 1.82) is 0 Å². The predicted octanol–water partition coefficient (Wildman–Crippen LogP) is 4.93. The van der Waals surface area contributed by atoms with Crippen molar-refractivity contribution in [2.75, 3.05) is 18.4 Å².